The Hall–Kier alpha value is -1.77. The Morgan fingerprint density at radius 2 is 2.26 bits per heavy atom. The van der Waals surface area contributed by atoms with Crippen LogP contribution in [0.15, 0.2) is 22.0 Å². The highest BCUT2D eigenvalue weighted by Gasteiger charge is 2.20. The van der Waals surface area contributed by atoms with E-state index in [2.05, 4.69) is 15.6 Å². The second kappa shape index (κ2) is 5.47. The lowest BCUT2D eigenvalue weighted by molar-refractivity contribution is 0.0113. The summed E-state index contributed by atoms with van der Waals surface area (Å²) < 4.78 is 10.2. The molecule has 0 aliphatic carbocycles. The molecule has 1 aliphatic rings. The van der Waals surface area contributed by atoms with Crippen molar-refractivity contribution in [2.45, 2.75) is 0 Å². The van der Waals surface area contributed by atoms with Crippen LogP contribution in [0, 0.1) is 0 Å². The Bertz CT molecular complexity index is 548. The lowest BCUT2D eigenvalue weighted by atomic mass is 10.4. The molecule has 0 unspecified atom stereocenters. The van der Waals surface area contributed by atoms with Crippen LogP contribution < -0.4 is 5.43 Å². The van der Waals surface area contributed by atoms with Crippen LogP contribution in [0.2, 0.25) is 0 Å². The third-order valence-corrected chi connectivity index (χ3v) is 3.50. The van der Waals surface area contributed by atoms with E-state index >= 15 is 0 Å². The molecule has 0 saturated carbocycles. The summed E-state index contributed by atoms with van der Waals surface area (Å²) in [7, 11) is 0. The number of nitrogens with zero attached hydrogens (tertiary/aromatic N) is 3. The van der Waals surface area contributed by atoms with Gasteiger partial charge >= 0.3 is 11.8 Å². The van der Waals surface area contributed by atoms with E-state index in [0.717, 1.165) is 4.88 Å². The normalized spacial score (nSPS) is 16.4. The number of hydrazine groups is 1. The summed E-state index contributed by atoms with van der Waals surface area (Å²) in [5.74, 6) is 0.00854. The maximum absolute atomic E-state index is 11.9. The SMILES string of the molecule is O=C(NN1CCOCC1)c1nc(-c2cccs2)no1. The van der Waals surface area contributed by atoms with Crippen LogP contribution in [0.5, 0.6) is 0 Å². The largest absolute Gasteiger partial charge is 0.379 e. The minimum Gasteiger partial charge on any atom is -0.379 e. The third-order valence-electron chi connectivity index (χ3n) is 2.63. The van der Waals surface area contributed by atoms with Crippen LogP contribution in [-0.4, -0.2) is 47.4 Å². The molecule has 7 nitrogen and oxygen atoms in total. The Morgan fingerprint density at radius 3 is 3.00 bits per heavy atom. The monoisotopic (exact) mass is 280 g/mol. The Labute approximate surface area is 113 Å². The van der Waals surface area contributed by atoms with Crippen molar-refractivity contribution in [1.29, 1.82) is 0 Å². The predicted molar refractivity (Wildman–Crippen MR) is 67.5 cm³/mol. The van der Waals surface area contributed by atoms with Gasteiger partial charge < -0.3 is 9.26 Å². The predicted octanol–water partition coefficient (Wildman–Crippen LogP) is 0.775. The van der Waals surface area contributed by atoms with E-state index in [1.807, 2.05) is 17.5 Å². The number of rotatable bonds is 3. The van der Waals surface area contributed by atoms with Crippen molar-refractivity contribution >= 4 is 17.2 Å². The van der Waals surface area contributed by atoms with E-state index in [1.54, 1.807) is 5.01 Å². The van der Waals surface area contributed by atoms with Gasteiger partial charge in [0.2, 0.25) is 5.82 Å². The summed E-state index contributed by atoms with van der Waals surface area (Å²) in [5, 5.41) is 7.49. The van der Waals surface area contributed by atoms with Gasteiger partial charge in [0, 0.05) is 13.1 Å². The van der Waals surface area contributed by atoms with Crippen LogP contribution in [-0.2, 0) is 4.74 Å². The summed E-state index contributed by atoms with van der Waals surface area (Å²) in [6.45, 7) is 2.50. The van der Waals surface area contributed by atoms with Gasteiger partial charge in [-0.25, -0.2) is 5.01 Å². The molecule has 0 radical (unpaired) electrons. The van der Waals surface area contributed by atoms with Crippen LogP contribution in [0.1, 0.15) is 10.7 Å². The molecule has 2 aromatic rings. The Balaban J connectivity index is 1.67. The minimum atomic E-state index is -0.391. The van der Waals surface area contributed by atoms with E-state index in [9.17, 15) is 4.79 Å². The number of carbonyl (C=O) groups excluding carboxylic acids is 1. The summed E-state index contributed by atoms with van der Waals surface area (Å²) in [6, 6.07) is 3.77. The number of aromatic nitrogens is 2. The first-order valence-electron chi connectivity index (χ1n) is 5.84. The summed E-state index contributed by atoms with van der Waals surface area (Å²) in [6.07, 6.45) is 0. The van der Waals surface area contributed by atoms with Crippen LogP contribution in [0.25, 0.3) is 10.7 Å². The van der Waals surface area contributed by atoms with Gasteiger partial charge in [-0.15, -0.1) is 11.3 Å². The quantitative estimate of drug-likeness (QED) is 0.894. The van der Waals surface area contributed by atoms with Crippen molar-refractivity contribution in [2.75, 3.05) is 26.3 Å². The number of morpholine rings is 1. The van der Waals surface area contributed by atoms with E-state index in [4.69, 9.17) is 9.26 Å². The van der Waals surface area contributed by atoms with Crippen molar-refractivity contribution in [2.24, 2.45) is 0 Å². The molecule has 1 saturated heterocycles. The highest BCUT2D eigenvalue weighted by molar-refractivity contribution is 7.13. The van der Waals surface area contributed by atoms with Crippen molar-refractivity contribution in [3.05, 3.63) is 23.4 Å². The molecule has 1 N–H and O–H groups in total. The molecule has 1 aliphatic heterocycles. The van der Waals surface area contributed by atoms with Gasteiger partial charge in [0.05, 0.1) is 18.1 Å². The number of carbonyl (C=O) groups is 1. The maximum atomic E-state index is 11.9. The molecule has 8 heteroatoms. The van der Waals surface area contributed by atoms with Crippen molar-refractivity contribution < 1.29 is 14.1 Å². The smallest absolute Gasteiger partial charge is 0.324 e. The summed E-state index contributed by atoms with van der Waals surface area (Å²) in [4.78, 5) is 16.9. The van der Waals surface area contributed by atoms with Crippen molar-refractivity contribution in [3.8, 4) is 10.7 Å². The Morgan fingerprint density at radius 1 is 1.42 bits per heavy atom. The molecule has 0 bridgehead atoms. The van der Waals surface area contributed by atoms with Gasteiger partial charge in [-0.3, -0.25) is 10.2 Å². The first-order valence-corrected chi connectivity index (χ1v) is 6.72. The van der Waals surface area contributed by atoms with Crippen LogP contribution in [0.4, 0.5) is 0 Å². The molecule has 19 heavy (non-hydrogen) atoms. The number of nitrogens with one attached hydrogen (secondary N) is 1. The second-order valence-corrected chi connectivity index (χ2v) is 4.89. The molecule has 0 aromatic carbocycles. The van der Waals surface area contributed by atoms with Gasteiger partial charge in [-0.2, -0.15) is 4.98 Å². The van der Waals surface area contributed by atoms with E-state index in [0.29, 0.717) is 32.1 Å². The molecule has 1 fully saturated rings. The topological polar surface area (TPSA) is 80.5 Å². The lowest BCUT2D eigenvalue weighted by Gasteiger charge is -2.26. The average molecular weight is 280 g/mol. The van der Waals surface area contributed by atoms with Gasteiger partial charge in [0.15, 0.2) is 0 Å². The fourth-order valence-electron chi connectivity index (χ4n) is 1.69. The van der Waals surface area contributed by atoms with Crippen LogP contribution >= 0.6 is 11.3 Å². The highest BCUT2D eigenvalue weighted by atomic mass is 32.1. The zero-order chi connectivity index (χ0) is 13.1. The van der Waals surface area contributed by atoms with Crippen molar-refractivity contribution in [1.82, 2.24) is 20.6 Å². The number of ether oxygens (including phenoxy) is 1. The van der Waals surface area contributed by atoms with E-state index < -0.39 is 5.91 Å². The number of amides is 1. The molecule has 2 aromatic heterocycles. The average Bonchev–Trinajstić information content (AvgIpc) is 3.11. The second-order valence-electron chi connectivity index (χ2n) is 3.94. The molecule has 3 heterocycles. The first-order chi connectivity index (χ1) is 9.33. The van der Waals surface area contributed by atoms with Gasteiger partial charge in [0.25, 0.3) is 0 Å². The maximum Gasteiger partial charge on any atom is 0.324 e. The molecule has 3 rings (SSSR count). The number of hydrogen-bond donors (Lipinski definition) is 1. The fourth-order valence-corrected chi connectivity index (χ4v) is 2.34. The summed E-state index contributed by atoms with van der Waals surface area (Å²) in [5.41, 5.74) is 2.72. The molecule has 100 valence electrons. The molecular formula is C11H12N4O3S. The van der Waals surface area contributed by atoms with Gasteiger partial charge in [-0.1, -0.05) is 11.2 Å². The fraction of sp³-hybridized carbons (Fsp3) is 0.364. The molecule has 1 amide bonds. The zero-order valence-electron chi connectivity index (χ0n) is 10.0. The van der Waals surface area contributed by atoms with Gasteiger partial charge in [-0.05, 0) is 11.4 Å². The molecule has 0 spiro atoms. The number of hydrogen-bond acceptors (Lipinski definition) is 7. The van der Waals surface area contributed by atoms with E-state index in [1.165, 1.54) is 11.3 Å². The minimum absolute atomic E-state index is 0.0325. The van der Waals surface area contributed by atoms with E-state index in [-0.39, 0.29) is 5.89 Å². The molecule has 0 atom stereocenters. The van der Waals surface area contributed by atoms with Gasteiger partial charge in [0.1, 0.15) is 0 Å². The standard InChI is InChI=1S/C11H12N4O3S/c16-10(13-15-3-5-17-6-4-15)11-12-9(14-18-11)8-2-1-7-19-8/h1-2,7H,3-6H2,(H,13,16). The van der Waals surface area contributed by atoms with Crippen molar-refractivity contribution in [3.63, 3.8) is 0 Å². The molecular weight excluding hydrogens is 268 g/mol. The first kappa shape index (κ1) is 12.3. The zero-order valence-corrected chi connectivity index (χ0v) is 10.9. The van der Waals surface area contributed by atoms with Crippen LogP contribution in [0.3, 0.4) is 0 Å². The lowest BCUT2D eigenvalue weighted by Crippen LogP contribution is -2.48. The summed E-state index contributed by atoms with van der Waals surface area (Å²) >= 11 is 1.49. The highest BCUT2D eigenvalue weighted by Crippen LogP contribution is 2.21. The Kier molecular flexibility index (Phi) is 3.53. The third kappa shape index (κ3) is 2.80. The number of thiophene rings is 1.